The van der Waals surface area contributed by atoms with Gasteiger partial charge in [0.15, 0.2) is 0 Å². The van der Waals surface area contributed by atoms with E-state index >= 15 is 0 Å². The van der Waals surface area contributed by atoms with Crippen molar-refractivity contribution in [2.45, 2.75) is 0 Å². The molecule has 0 unspecified atom stereocenters. The van der Waals surface area contributed by atoms with Crippen LogP contribution in [-0.2, 0) is 0 Å². The first-order valence-electron chi connectivity index (χ1n) is 15.6. The molecule has 46 heavy (non-hydrogen) atoms. The van der Waals surface area contributed by atoms with Gasteiger partial charge in [-0.15, -0.1) is 0 Å². The fraction of sp³-hybridized carbons (Fsp3) is 0. The first-order chi connectivity index (χ1) is 22.8. The molecule has 2 aromatic heterocycles. The molecular weight excluding hydrogens is 556 g/mol. The summed E-state index contributed by atoms with van der Waals surface area (Å²) in [7, 11) is 0. The Bertz CT molecular complexity index is 2260. The molecule has 0 amide bonds. The van der Waals surface area contributed by atoms with Gasteiger partial charge in [-0.3, -0.25) is 4.98 Å². The third-order valence-electron chi connectivity index (χ3n) is 8.61. The fourth-order valence-electron chi connectivity index (χ4n) is 6.15. The van der Waals surface area contributed by atoms with Crippen LogP contribution in [0, 0.1) is 0 Å². The van der Waals surface area contributed by atoms with Crippen LogP contribution < -0.4 is 0 Å². The summed E-state index contributed by atoms with van der Waals surface area (Å²) < 4.78 is 0. The number of fused-ring (bicyclic) bond motifs is 1. The maximum absolute atomic E-state index is 5.19. The minimum atomic E-state index is 0.955. The van der Waals surface area contributed by atoms with Crippen LogP contribution in [0.4, 0.5) is 0 Å². The highest BCUT2D eigenvalue weighted by Crippen LogP contribution is 2.37. The van der Waals surface area contributed by atoms with Crippen LogP contribution in [0.2, 0.25) is 0 Å². The normalized spacial score (nSPS) is 11.0. The number of benzene rings is 6. The Balaban J connectivity index is 1.25. The van der Waals surface area contributed by atoms with Gasteiger partial charge < -0.3 is 0 Å². The maximum atomic E-state index is 5.19. The third-order valence-corrected chi connectivity index (χ3v) is 8.61. The molecule has 0 radical (unpaired) electrons. The standard InChI is InChI=1S/C44H30N2/c1-3-8-31(9-4-1)33-14-16-35(17-15-33)39-22-23-43-42(29-39)41(40-13-7-12-38(28-40)36-24-26-45-27-25-36)30-44(46-43)37-20-18-34(19-21-37)32-10-5-2-6-11-32/h1-30H. The molecule has 2 nitrogen and oxygen atoms in total. The van der Waals surface area contributed by atoms with Crippen molar-refractivity contribution in [2.75, 3.05) is 0 Å². The summed E-state index contributed by atoms with van der Waals surface area (Å²) in [5.41, 5.74) is 14.8. The van der Waals surface area contributed by atoms with Crippen molar-refractivity contribution in [3.63, 3.8) is 0 Å². The Morgan fingerprint density at radius 3 is 1.39 bits per heavy atom. The van der Waals surface area contributed by atoms with Gasteiger partial charge in [0.1, 0.15) is 0 Å². The van der Waals surface area contributed by atoms with E-state index in [1.54, 1.807) is 0 Å². The number of pyridine rings is 2. The van der Waals surface area contributed by atoms with Gasteiger partial charge in [-0.2, -0.15) is 0 Å². The lowest BCUT2D eigenvalue weighted by molar-refractivity contribution is 1.33. The van der Waals surface area contributed by atoms with E-state index in [2.05, 4.69) is 169 Å². The second-order valence-electron chi connectivity index (χ2n) is 11.5. The van der Waals surface area contributed by atoms with Crippen molar-refractivity contribution in [1.82, 2.24) is 9.97 Å². The topological polar surface area (TPSA) is 25.8 Å². The van der Waals surface area contributed by atoms with Crippen molar-refractivity contribution in [3.8, 4) is 66.9 Å². The quantitative estimate of drug-likeness (QED) is 0.194. The lowest BCUT2D eigenvalue weighted by atomic mass is 9.93. The second kappa shape index (κ2) is 12.1. The molecule has 216 valence electrons. The minimum absolute atomic E-state index is 0.955. The predicted octanol–water partition coefficient (Wildman–Crippen LogP) is 11.6. The lowest BCUT2D eigenvalue weighted by Gasteiger charge is -2.14. The van der Waals surface area contributed by atoms with Gasteiger partial charge in [0.25, 0.3) is 0 Å². The molecule has 0 saturated heterocycles. The molecule has 0 bridgehead atoms. The summed E-state index contributed by atoms with van der Waals surface area (Å²) in [5.74, 6) is 0. The largest absolute Gasteiger partial charge is 0.265 e. The van der Waals surface area contributed by atoms with Crippen LogP contribution in [-0.4, -0.2) is 9.97 Å². The molecule has 8 rings (SSSR count). The SMILES string of the molecule is c1ccc(-c2ccc(-c3ccc4nc(-c5ccc(-c6ccccc6)cc5)cc(-c5cccc(-c6ccncc6)c5)c4c3)cc2)cc1. The van der Waals surface area contributed by atoms with Gasteiger partial charge in [0, 0.05) is 23.3 Å². The zero-order chi connectivity index (χ0) is 30.7. The molecule has 0 aliphatic rings. The Kier molecular flexibility index (Phi) is 7.22. The molecule has 0 fully saturated rings. The maximum Gasteiger partial charge on any atom is 0.0716 e. The van der Waals surface area contributed by atoms with E-state index in [-0.39, 0.29) is 0 Å². The predicted molar refractivity (Wildman–Crippen MR) is 192 cm³/mol. The molecule has 0 aliphatic heterocycles. The number of aromatic nitrogens is 2. The van der Waals surface area contributed by atoms with Gasteiger partial charge in [-0.05, 0) is 92.0 Å². The zero-order valence-electron chi connectivity index (χ0n) is 25.2. The van der Waals surface area contributed by atoms with Crippen LogP contribution >= 0.6 is 0 Å². The van der Waals surface area contributed by atoms with Crippen molar-refractivity contribution >= 4 is 10.9 Å². The van der Waals surface area contributed by atoms with Crippen molar-refractivity contribution in [2.24, 2.45) is 0 Å². The van der Waals surface area contributed by atoms with Gasteiger partial charge in [-0.1, -0.05) is 133 Å². The van der Waals surface area contributed by atoms with E-state index in [0.29, 0.717) is 0 Å². The monoisotopic (exact) mass is 586 g/mol. The average Bonchev–Trinajstić information content (AvgIpc) is 3.15. The van der Waals surface area contributed by atoms with Gasteiger partial charge in [0.05, 0.1) is 11.2 Å². The highest BCUT2D eigenvalue weighted by molar-refractivity contribution is 5.99. The van der Waals surface area contributed by atoms with Crippen LogP contribution in [0.1, 0.15) is 0 Å². The van der Waals surface area contributed by atoms with E-state index < -0.39 is 0 Å². The first kappa shape index (κ1) is 27.4. The van der Waals surface area contributed by atoms with Gasteiger partial charge in [-0.25, -0.2) is 4.98 Å². The van der Waals surface area contributed by atoms with Crippen LogP contribution in [0.15, 0.2) is 182 Å². The van der Waals surface area contributed by atoms with Crippen LogP contribution in [0.25, 0.3) is 77.8 Å². The van der Waals surface area contributed by atoms with Crippen LogP contribution in [0.5, 0.6) is 0 Å². The second-order valence-corrected chi connectivity index (χ2v) is 11.5. The van der Waals surface area contributed by atoms with E-state index in [4.69, 9.17) is 4.98 Å². The number of rotatable bonds is 6. The Morgan fingerprint density at radius 1 is 0.304 bits per heavy atom. The third kappa shape index (κ3) is 5.49. The Hall–Kier alpha value is -6.12. The van der Waals surface area contributed by atoms with Crippen molar-refractivity contribution in [3.05, 3.63) is 182 Å². The molecule has 0 aliphatic carbocycles. The Labute approximate surface area is 269 Å². The minimum Gasteiger partial charge on any atom is -0.265 e. The molecule has 0 atom stereocenters. The summed E-state index contributed by atoms with van der Waals surface area (Å²) in [6, 6.07) is 60.3. The van der Waals surface area contributed by atoms with Gasteiger partial charge in [0.2, 0.25) is 0 Å². The Morgan fingerprint density at radius 2 is 0.761 bits per heavy atom. The highest BCUT2D eigenvalue weighted by atomic mass is 14.7. The molecule has 0 N–H and O–H groups in total. The summed E-state index contributed by atoms with van der Waals surface area (Å²) in [5, 5.41) is 1.13. The number of hydrogen-bond donors (Lipinski definition) is 0. The summed E-state index contributed by atoms with van der Waals surface area (Å²) >= 11 is 0. The molecule has 8 aromatic rings. The summed E-state index contributed by atoms with van der Waals surface area (Å²) in [6.45, 7) is 0. The zero-order valence-corrected chi connectivity index (χ0v) is 25.2. The molecule has 0 saturated carbocycles. The van der Waals surface area contributed by atoms with Crippen LogP contribution in [0.3, 0.4) is 0 Å². The van der Waals surface area contributed by atoms with Crippen molar-refractivity contribution < 1.29 is 0 Å². The first-order valence-corrected chi connectivity index (χ1v) is 15.6. The van der Waals surface area contributed by atoms with Gasteiger partial charge >= 0.3 is 0 Å². The van der Waals surface area contributed by atoms with E-state index in [1.165, 1.54) is 33.4 Å². The molecule has 2 heteroatoms. The fourth-order valence-corrected chi connectivity index (χ4v) is 6.15. The molecule has 6 aromatic carbocycles. The molecular formula is C44H30N2. The van der Waals surface area contributed by atoms with E-state index in [9.17, 15) is 0 Å². The number of hydrogen-bond acceptors (Lipinski definition) is 2. The molecule has 2 heterocycles. The van der Waals surface area contributed by atoms with E-state index in [1.807, 2.05) is 18.5 Å². The highest BCUT2D eigenvalue weighted by Gasteiger charge is 2.13. The lowest BCUT2D eigenvalue weighted by Crippen LogP contribution is -1.92. The van der Waals surface area contributed by atoms with E-state index in [0.717, 1.165) is 44.4 Å². The smallest absolute Gasteiger partial charge is 0.0716 e. The number of nitrogens with zero attached hydrogens (tertiary/aromatic N) is 2. The summed E-state index contributed by atoms with van der Waals surface area (Å²) in [4.78, 5) is 9.41. The van der Waals surface area contributed by atoms with Crippen molar-refractivity contribution in [1.29, 1.82) is 0 Å². The molecule has 0 spiro atoms. The average molecular weight is 587 g/mol. The summed E-state index contributed by atoms with van der Waals surface area (Å²) in [6.07, 6.45) is 3.69.